The first-order chi connectivity index (χ1) is 12.2. The van der Waals surface area contributed by atoms with Crippen LogP contribution in [0.2, 0.25) is 5.15 Å². The number of urea groups is 1. The van der Waals surface area contributed by atoms with Crippen molar-refractivity contribution in [2.45, 2.75) is 20.0 Å². The Kier molecular flexibility index (Phi) is 5.93. The van der Waals surface area contributed by atoms with E-state index in [0.717, 1.165) is 0 Å². The number of imide groups is 1. The Morgan fingerprint density at radius 3 is 2.46 bits per heavy atom. The lowest BCUT2D eigenvalue weighted by molar-refractivity contribution is -0.127. The molecule has 0 aliphatic rings. The van der Waals surface area contributed by atoms with E-state index in [4.69, 9.17) is 16.3 Å². The molecule has 0 saturated heterocycles. The number of hydrogen-bond acceptors (Lipinski definition) is 5. The van der Waals surface area contributed by atoms with Gasteiger partial charge in [-0.1, -0.05) is 11.6 Å². The van der Waals surface area contributed by atoms with Gasteiger partial charge in [0.1, 0.15) is 16.5 Å². The molecule has 2 N–H and O–H groups in total. The third-order valence-corrected chi connectivity index (χ3v) is 3.75. The van der Waals surface area contributed by atoms with Gasteiger partial charge in [-0.15, -0.1) is 0 Å². The van der Waals surface area contributed by atoms with Gasteiger partial charge in [0.2, 0.25) is 0 Å². The third kappa shape index (κ3) is 4.17. The van der Waals surface area contributed by atoms with Crippen LogP contribution < -0.4 is 10.6 Å². The lowest BCUT2D eigenvalue weighted by atomic mass is 10.2. The summed E-state index contributed by atoms with van der Waals surface area (Å²) in [5, 5.41) is 8.30. The van der Waals surface area contributed by atoms with Crippen LogP contribution in [-0.2, 0) is 9.53 Å². The van der Waals surface area contributed by atoms with E-state index < -0.39 is 29.8 Å². The number of halogens is 2. The number of carbonyl (C=O) groups is 3. The molecule has 0 saturated carbocycles. The van der Waals surface area contributed by atoms with Gasteiger partial charge in [-0.2, -0.15) is 5.10 Å². The molecular weight excluding hydrogens is 367 g/mol. The molecule has 0 spiro atoms. The van der Waals surface area contributed by atoms with Crippen LogP contribution in [0.4, 0.5) is 9.18 Å². The Balaban J connectivity index is 2.20. The molecule has 3 amide bonds. The van der Waals surface area contributed by atoms with E-state index in [0.29, 0.717) is 5.69 Å². The molecule has 2 aromatic rings. The minimum atomic E-state index is -1.23. The molecule has 8 nitrogen and oxygen atoms in total. The first-order valence-corrected chi connectivity index (χ1v) is 7.87. The fourth-order valence-corrected chi connectivity index (χ4v) is 2.38. The first-order valence-electron chi connectivity index (χ1n) is 7.49. The van der Waals surface area contributed by atoms with Crippen LogP contribution in [0.15, 0.2) is 24.3 Å². The predicted molar refractivity (Wildman–Crippen MR) is 90.7 cm³/mol. The van der Waals surface area contributed by atoms with Gasteiger partial charge in [0.25, 0.3) is 5.91 Å². The summed E-state index contributed by atoms with van der Waals surface area (Å²) in [6, 6.07) is 4.62. The van der Waals surface area contributed by atoms with Gasteiger partial charge in [0, 0.05) is 7.05 Å². The zero-order chi connectivity index (χ0) is 19.4. The summed E-state index contributed by atoms with van der Waals surface area (Å²) in [6.45, 7) is 2.85. The number of nitrogens with one attached hydrogen (secondary N) is 2. The number of hydrogen-bond donors (Lipinski definition) is 2. The smallest absolute Gasteiger partial charge is 0.344 e. The fraction of sp³-hybridized carbons (Fsp3) is 0.250. The highest BCUT2D eigenvalue weighted by Gasteiger charge is 2.26. The monoisotopic (exact) mass is 382 g/mol. The van der Waals surface area contributed by atoms with Crippen molar-refractivity contribution in [1.82, 2.24) is 20.4 Å². The van der Waals surface area contributed by atoms with E-state index in [-0.39, 0.29) is 16.4 Å². The van der Waals surface area contributed by atoms with Crippen molar-refractivity contribution in [1.29, 1.82) is 0 Å². The zero-order valence-corrected chi connectivity index (χ0v) is 14.9. The van der Waals surface area contributed by atoms with Crippen LogP contribution in [0.5, 0.6) is 0 Å². The van der Waals surface area contributed by atoms with Crippen LogP contribution in [0.3, 0.4) is 0 Å². The highest BCUT2D eigenvalue weighted by atomic mass is 35.5. The van der Waals surface area contributed by atoms with Gasteiger partial charge < -0.3 is 10.1 Å². The van der Waals surface area contributed by atoms with E-state index in [9.17, 15) is 18.8 Å². The van der Waals surface area contributed by atoms with E-state index in [1.807, 2.05) is 5.32 Å². The normalized spacial score (nSPS) is 11.6. The Labute approximate surface area is 153 Å². The van der Waals surface area contributed by atoms with Gasteiger partial charge in [-0.3, -0.25) is 10.1 Å². The van der Waals surface area contributed by atoms with Crippen molar-refractivity contribution >= 4 is 29.5 Å². The topological polar surface area (TPSA) is 102 Å². The van der Waals surface area contributed by atoms with Crippen LogP contribution in [0.25, 0.3) is 5.69 Å². The highest BCUT2D eigenvalue weighted by Crippen LogP contribution is 2.24. The number of amides is 3. The Bertz CT molecular complexity index is 851. The Morgan fingerprint density at radius 2 is 1.88 bits per heavy atom. The van der Waals surface area contributed by atoms with Crippen molar-refractivity contribution in [2.75, 3.05) is 7.05 Å². The number of esters is 1. The minimum absolute atomic E-state index is 0.0319. The Morgan fingerprint density at radius 1 is 1.27 bits per heavy atom. The van der Waals surface area contributed by atoms with Crippen molar-refractivity contribution in [3.05, 3.63) is 46.5 Å². The standard InChI is InChI=1S/C16H16ClFN4O4/c1-8-12(15(24)26-9(2)14(23)20-16(25)19-3)13(17)22(21-8)11-6-4-10(18)5-7-11/h4-7,9H,1-3H3,(H2,19,20,23,25)/t9-/m0/s1. The number of benzene rings is 1. The molecule has 0 radical (unpaired) electrons. The Hall–Kier alpha value is -2.94. The molecule has 138 valence electrons. The van der Waals surface area contributed by atoms with E-state index in [1.165, 1.54) is 49.8 Å². The van der Waals surface area contributed by atoms with Crippen molar-refractivity contribution in [3.8, 4) is 5.69 Å². The predicted octanol–water partition coefficient (Wildman–Crippen LogP) is 1.97. The zero-order valence-electron chi connectivity index (χ0n) is 14.2. The maximum atomic E-state index is 13.0. The summed E-state index contributed by atoms with van der Waals surface area (Å²) in [4.78, 5) is 35.3. The number of aryl methyl sites for hydroxylation is 1. The number of nitrogens with zero attached hydrogens (tertiary/aromatic N) is 2. The number of carbonyl (C=O) groups excluding carboxylic acids is 3. The van der Waals surface area contributed by atoms with Crippen LogP contribution in [0, 0.1) is 12.7 Å². The fourth-order valence-electron chi connectivity index (χ4n) is 2.03. The molecule has 2 rings (SSSR count). The van der Waals surface area contributed by atoms with Gasteiger partial charge in [0.15, 0.2) is 6.10 Å². The third-order valence-electron chi connectivity index (χ3n) is 3.40. The number of aromatic nitrogens is 2. The van der Waals surface area contributed by atoms with Crippen molar-refractivity contribution in [3.63, 3.8) is 0 Å². The summed E-state index contributed by atoms with van der Waals surface area (Å²) in [7, 11) is 1.34. The number of rotatable bonds is 4. The highest BCUT2D eigenvalue weighted by molar-refractivity contribution is 6.33. The molecule has 10 heteroatoms. The van der Waals surface area contributed by atoms with Crippen LogP contribution in [0.1, 0.15) is 23.0 Å². The molecule has 26 heavy (non-hydrogen) atoms. The second-order valence-electron chi connectivity index (χ2n) is 5.26. The van der Waals surface area contributed by atoms with Crippen molar-refractivity contribution in [2.24, 2.45) is 0 Å². The second-order valence-corrected chi connectivity index (χ2v) is 5.61. The number of ether oxygens (including phenoxy) is 1. The summed E-state index contributed by atoms with van der Waals surface area (Å²) in [5.41, 5.74) is 0.683. The lowest BCUT2D eigenvalue weighted by Crippen LogP contribution is -2.43. The minimum Gasteiger partial charge on any atom is -0.449 e. The molecule has 0 bridgehead atoms. The summed E-state index contributed by atoms with van der Waals surface area (Å²) < 4.78 is 19.3. The molecule has 0 aliphatic heterocycles. The molecule has 0 unspecified atom stereocenters. The lowest BCUT2D eigenvalue weighted by Gasteiger charge is -2.12. The van der Waals surface area contributed by atoms with Gasteiger partial charge >= 0.3 is 12.0 Å². The quantitative estimate of drug-likeness (QED) is 0.787. The summed E-state index contributed by atoms with van der Waals surface area (Å²) in [5.74, 6) is -2.10. The molecule has 0 fully saturated rings. The van der Waals surface area contributed by atoms with Gasteiger partial charge in [0.05, 0.1) is 11.4 Å². The average molecular weight is 383 g/mol. The molecule has 0 aliphatic carbocycles. The van der Waals surface area contributed by atoms with Gasteiger partial charge in [-0.05, 0) is 38.1 Å². The molecule has 1 aromatic heterocycles. The largest absolute Gasteiger partial charge is 0.449 e. The van der Waals surface area contributed by atoms with Crippen LogP contribution in [-0.4, -0.2) is 40.8 Å². The molecule has 1 atom stereocenters. The molecule has 1 aromatic carbocycles. The first kappa shape index (κ1) is 19.4. The van der Waals surface area contributed by atoms with Crippen molar-refractivity contribution < 1.29 is 23.5 Å². The second kappa shape index (κ2) is 7.96. The van der Waals surface area contributed by atoms with E-state index in [2.05, 4.69) is 10.4 Å². The molecular formula is C16H16ClFN4O4. The maximum Gasteiger partial charge on any atom is 0.344 e. The van der Waals surface area contributed by atoms with Gasteiger partial charge in [-0.25, -0.2) is 18.7 Å². The SMILES string of the molecule is CNC(=O)NC(=O)[C@H](C)OC(=O)c1c(C)nn(-c2ccc(F)cc2)c1Cl. The summed E-state index contributed by atoms with van der Waals surface area (Å²) in [6.07, 6.45) is -1.23. The van der Waals surface area contributed by atoms with E-state index >= 15 is 0 Å². The average Bonchev–Trinajstić information content (AvgIpc) is 2.89. The van der Waals surface area contributed by atoms with Crippen LogP contribution >= 0.6 is 11.6 Å². The summed E-state index contributed by atoms with van der Waals surface area (Å²) >= 11 is 6.21. The maximum absolute atomic E-state index is 13.0. The van der Waals surface area contributed by atoms with E-state index in [1.54, 1.807) is 0 Å². The molecule has 1 heterocycles.